The van der Waals surface area contributed by atoms with Crippen LogP contribution in [-0.4, -0.2) is 39.9 Å². The van der Waals surface area contributed by atoms with Crippen LogP contribution in [0.25, 0.3) is 0 Å². The number of rotatable bonds is 4. The molecule has 3 aliphatic rings. The highest BCUT2D eigenvalue weighted by Crippen LogP contribution is 2.40. The molecule has 1 aromatic heterocycles. The van der Waals surface area contributed by atoms with Crippen LogP contribution in [0.1, 0.15) is 37.6 Å². The number of carbonyl (C=O) groups is 1. The number of fused-ring (bicyclic) bond motifs is 1. The van der Waals surface area contributed by atoms with E-state index in [1.807, 2.05) is 0 Å². The Hall–Kier alpha value is -1.14. The van der Waals surface area contributed by atoms with Gasteiger partial charge in [-0.2, -0.15) is 0 Å². The van der Waals surface area contributed by atoms with Gasteiger partial charge in [0.25, 0.3) is 0 Å². The van der Waals surface area contributed by atoms with Crippen molar-refractivity contribution in [2.24, 2.45) is 0 Å². The van der Waals surface area contributed by atoms with Crippen LogP contribution in [0.3, 0.4) is 0 Å². The van der Waals surface area contributed by atoms with E-state index < -0.39 is 0 Å². The summed E-state index contributed by atoms with van der Waals surface area (Å²) in [6, 6.07) is 1.32. The molecule has 1 aromatic rings. The fourth-order valence-corrected chi connectivity index (χ4v) is 3.60. The van der Waals surface area contributed by atoms with Gasteiger partial charge in [-0.1, -0.05) is 19.2 Å². The van der Waals surface area contributed by atoms with E-state index in [1.165, 1.54) is 12.8 Å². The highest BCUT2D eigenvalue weighted by molar-refractivity contribution is 7.99. The zero-order chi connectivity index (χ0) is 12.5. The van der Waals surface area contributed by atoms with E-state index in [0.29, 0.717) is 29.5 Å². The van der Waals surface area contributed by atoms with E-state index in [1.54, 1.807) is 31.1 Å². The van der Waals surface area contributed by atoms with Crippen LogP contribution in [0, 0.1) is 0 Å². The molecule has 5 nitrogen and oxygen atoms in total. The zero-order valence-corrected chi connectivity index (χ0v) is 10.9. The van der Waals surface area contributed by atoms with Crippen molar-refractivity contribution in [3.05, 3.63) is 18.0 Å². The molecule has 1 saturated carbocycles. The Morgan fingerprint density at radius 3 is 2.68 bits per heavy atom. The van der Waals surface area contributed by atoms with Gasteiger partial charge < -0.3 is 10.1 Å². The first-order valence-corrected chi connectivity index (χ1v) is 7.06. The van der Waals surface area contributed by atoms with Gasteiger partial charge in [0.2, 0.25) is 0 Å². The van der Waals surface area contributed by atoms with Crippen LogP contribution in [-0.2, 0) is 4.74 Å². The fraction of sp³-hybridized carbons (Fsp3) is 0.615. The van der Waals surface area contributed by atoms with Gasteiger partial charge in [0.15, 0.2) is 5.16 Å². The Bertz CT molecular complexity index is 446. The summed E-state index contributed by atoms with van der Waals surface area (Å²) < 4.78 is 4.89. The van der Waals surface area contributed by atoms with Crippen molar-refractivity contribution in [1.29, 1.82) is 0 Å². The summed E-state index contributed by atoms with van der Waals surface area (Å²) in [5.41, 5.74) is 0.412. The van der Waals surface area contributed by atoms with Gasteiger partial charge >= 0.3 is 5.97 Å². The molecule has 3 heterocycles. The molecular formula is C13H19N3O2S. The topological polar surface area (TPSA) is 64.1 Å². The lowest BCUT2D eigenvalue weighted by molar-refractivity contribution is 0.0525. The van der Waals surface area contributed by atoms with E-state index in [9.17, 15) is 4.79 Å². The molecule has 1 aliphatic carbocycles. The second-order valence-corrected chi connectivity index (χ2v) is 5.78. The van der Waals surface area contributed by atoms with Crippen molar-refractivity contribution in [2.75, 3.05) is 6.61 Å². The van der Waals surface area contributed by atoms with Gasteiger partial charge in [0.1, 0.15) is 0 Å². The lowest BCUT2D eigenvalue weighted by atomic mass is 10.1. The molecule has 2 saturated heterocycles. The molecule has 19 heavy (non-hydrogen) atoms. The molecule has 6 heteroatoms. The van der Waals surface area contributed by atoms with Gasteiger partial charge in [0.05, 0.1) is 12.2 Å². The SMILES string of the molecule is C.CCOC(=O)c1cnc(SC2CC3CC2N3)nc1. The highest BCUT2D eigenvalue weighted by atomic mass is 32.2. The van der Waals surface area contributed by atoms with Crippen LogP contribution in [0.15, 0.2) is 17.6 Å². The van der Waals surface area contributed by atoms with E-state index in [-0.39, 0.29) is 13.4 Å². The first-order chi connectivity index (χ1) is 8.76. The predicted octanol–water partition coefficient (Wildman–Crippen LogP) is 1.88. The third-order valence-electron chi connectivity index (χ3n) is 3.35. The van der Waals surface area contributed by atoms with Crippen LogP contribution in [0.5, 0.6) is 0 Å². The monoisotopic (exact) mass is 281 g/mol. The normalized spacial score (nSPS) is 27.3. The van der Waals surface area contributed by atoms with Gasteiger partial charge in [-0.15, -0.1) is 0 Å². The first kappa shape index (κ1) is 14.3. The molecule has 1 N–H and O–H groups in total. The standard InChI is InChI=1S/C12H15N3O2S.CH4/c1-2-17-11(16)7-5-13-12(14-6-7)18-10-4-8-3-9(10)15-8;/h5-6,8-10,15H,2-4H2,1H3;1H4. The second-order valence-electron chi connectivity index (χ2n) is 4.57. The average Bonchev–Trinajstić information content (AvgIpc) is 2.88. The third kappa shape index (κ3) is 2.90. The van der Waals surface area contributed by atoms with Gasteiger partial charge in [0, 0.05) is 29.7 Å². The van der Waals surface area contributed by atoms with Crippen LogP contribution in [0.4, 0.5) is 0 Å². The Morgan fingerprint density at radius 2 is 2.16 bits per heavy atom. The van der Waals surface area contributed by atoms with Crippen molar-refractivity contribution in [3.63, 3.8) is 0 Å². The lowest BCUT2D eigenvalue weighted by Gasteiger charge is -2.26. The molecule has 3 atom stereocenters. The molecule has 3 unspecified atom stereocenters. The molecule has 0 aromatic carbocycles. The van der Waals surface area contributed by atoms with Gasteiger partial charge in [-0.05, 0) is 19.8 Å². The molecule has 3 fully saturated rings. The maximum absolute atomic E-state index is 11.4. The minimum absolute atomic E-state index is 0. The lowest BCUT2D eigenvalue weighted by Crippen LogP contribution is -2.45. The zero-order valence-electron chi connectivity index (χ0n) is 10.1. The Labute approximate surface area is 117 Å². The summed E-state index contributed by atoms with van der Waals surface area (Å²) in [6.45, 7) is 2.15. The van der Waals surface area contributed by atoms with E-state index in [0.717, 1.165) is 5.16 Å². The first-order valence-electron chi connectivity index (χ1n) is 6.18. The maximum Gasteiger partial charge on any atom is 0.341 e. The van der Waals surface area contributed by atoms with Crippen LogP contribution < -0.4 is 5.32 Å². The molecule has 0 amide bonds. The summed E-state index contributed by atoms with van der Waals surface area (Å²) >= 11 is 1.70. The maximum atomic E-state index is 11.4. The number of carbonyl (C=O) groups excluding carboxylic acids is 1. The average molecular weight is 281 g/mol. The molecule has 0 spiro atoms. The highest BCUT2D eigenvalue weighted by Gasteiger charge is 2.44. The van der Waals surface area contributed by atoms with Crippen LogP contribution >= 0.6 is 11.8 Å². The van der Waals surface area contributed by atoms with Crippen molar-refractivity contribution in [3.8, 4) is 0 Å². The number of hydrogen-bond donors (Lipinski definition) is 1. The van der Waals surface area contributed by atoms with Crippen molar-refractivity contribution in [2.45, 2.75) is 49.7 Å². The van der Waals surface area contributed by atoms with E-state index in [2.05, 4.69) is 15.3 Å². The number of ether oxygens (including phenoxy) is 1. The Morgan fingerprint density at radius 1 is 1.47 bits per heavy atom. The van der Waals surface area contributed by atoms with E-state index in [4.69, 9.17) is 4.74 Å². The van der Waals surface area contributed by atoms with Gasteiger partial charge in [-0.25, -0.2) is 14.8 Å². The van der Waals surface area contributed by atoms with Crippen molar-refractivity contribution < 1.29 is 9.53 Å². The van der Waals surface area contributed by atoms with Gasteiger partial charge in [-0.3, -0.25) is 0 Å². The van der Waals surface area contributed by atoms with Crippen molar-refractivity contribution >= 4 is 17.7 Å². The summed E-state index contributed by atoms with van der Waals surface area (Å²) in [5.74, 6) is -0.362. The largest absolute Gasteiger partial charge is 0.462 e. The number of hydrogen-bond acceptors (Lipinski definition) is 6. The molecule has 2 aliphatic heterocycles. The fourth-order valence-electron chi connectivity index (χ4n) is 2.42. The second kappa shape index (κ2) is 5.88. The number of nitrogens with zero attached hydrogens (tertiary/aromatic N) is 2. The predicted molar refractivity (Wildman–Crippen MR) is 74.3 cm³/mol. The molecule has 2 bridgehead atoms. The quantitative estimate of drug-likeness (QED) is 0.671. The molecular weight excluding hydrogens is 262 g/mol. The number of nitrogens with one attached hydrogen (secondary N) is 1. The summed E-state index contributed by atoms with van der Waals surface area (Å²) in [5, 5.41) is 4.79. The Kier molecular flexibility index (Phi) is 4.42. The molecule has 4 rings (SSSR count). The smallest absolute Gasteiger partial charge is 0.341 e. The minimum atomic E-state index is -0.362. The van der Waals surface area contributed by atoms with E-state index >= 15 is 0 Å². The van der Waals surface area contributed by atoms with Crippen molar-refractivity contribution in [1.82, 2.24) is 15.3 Å². The third-order valence-corrected chi connectivity index (χ3v) is 4.60. The molecule has 0 radical (unpaired) electrons. The summed E-state index contributed by atoms with van der Waals surface area (Å²) in [7, 11) is 0. The Balaban J connectivity index is 0.00000133. The minimum Gasteiger partial charge on any atom is -0.462 e. The number of aromatic nitrogens is 2. The molecule has 104 valence electrons. The van der Waals surface area contributed by atoms with Crippen LogP contribution in [0.2, 0.25) is 0 Å². The number of esters is 1. The number of thioether (sulfide) groups is 1. The summed E-state index contributed by atoms with van der Waals surface area (Å²) in [4.78, 5) is 19.9. The summed E-state index contributed by atoms with van der Waals surface area (Å²) in [6.07, 6.45) is 5.55.